The molecule has 2 aromatic heterocycles. The number of hydrogen-bond acceptors (Lipinski definition) is 5. The molecule has 2 rings (SSSR count). The van der Waals surface area contributed by atoms with E-state index in [0.29, 0.717) is 11.4 Å². The molecule has 0 saturated heterocycles. The molecule has 98 valence electrons. The van der Waals surface area contributed by atoms with Gasteiger partial charge in [-0.1, -0.05) is 0 Å². The number of methoxy groups -OCH3 is 1. The molecule has 19 heavy (non-hydrogen) atoms. The van der Waals surface area contributed by atoms with Gasteiger partial charge in [-0.3, -0.25) is 0 Å². The third kappa shape index (κ3) is 3.48. The Balaban J connectivity index is 1.96. The van der Waals surface area contributed by atoms with E-state index in [2.05, 4.69) is 9.97 Å². The van der Waals surface area contributed by atoms with Gasteiger partial charge in [0.25, 0.3) is 0 Å². The van der Waals surface area contributed by atoms with Gasteiger partial charge in [-0.2, -0.15) is 4.39 Å². The van der Waals surface area contributed by atoms with E-state index in [1.165, 1.54) is 19.4 Å². The predicted octanol–water partition coefficient (Wildman–Crippen LogP) is 1.98. The summed E-state index contributed by atoms with van der Waals surface area (Å²) in [7, 11) is 1.51. The lowest BCUT2D eigenvalue weighted by atomic mass is 10.2. The maximum Gasteiger partial charge on any atom is 0.338 e. The molecule has 0 aliphatic rings. The third-order valence-corrected chi connectivity index (χ3v) is 2.34. The SMILES string of the molecule is COc1ccc(COC(=O)c2ccnc(F)c2)cn1. The van der Waals surface area contributed by atoms with Crippen molar-refractivity contribution in [1.82, 2.24) is 9.97 Å². The minimum Gasteiger partial charge on any atom is -0.481 e. The number of halogens is 1. The average Bonchev–Trinajstić information content (AvgIpc) is 2.45. The normalized spacial score (nSPS) is 10.0. The summed E-state index contributed by atoms with van der Waals surface area (Å²) in [6.07, 6.45) is 2.75. The first kappa shape index (κ1) is 12.9. The number of esters is 1. The lowest BCUT2D eigenvalue weighted by Gasteiger charge is -2.05. The fraction of sp³-hybridized carbons (Fsp3) is 0.154. The number of ether oxygens (including phenoxy) is 2. The number of rotatable bonds is 4. The maximum atomic E-state index is 12.8. The summed E-state index contributed by atoms with van der Waals surface area (Å²) in [4.78, 5) is 19.0. The fourth-order valence-electron chi connectivity index (χ4n) is 1.38. The van der Waals surface area contributed by atoms with E-state index in [1.54, 1.807) is 18.3 Å². The minimum absolute atomic E-state index is 0.0553. The second-order valence-electron chi connectivity index (χ2n) is 3.65. The number of nitrogens with zero attached hydrogens (tertiary/aromatic N) is 2. The zero-order valence-corrected chi connectivity index (χ0v) is 10.2. The molecule has 0 radical (unpaired) electrons. The van der Waals surface area contributed by atoms with Crippen molar-refractivity contribution in [3.05, 3.63) is 53.7 Å². The summed E-state index contributed by atoms with van der Waals surface area (Å²) in [5, 5.41) is 0. The molecule has 0 atom stereocenters. The number of hydrogen-bond donors (Lipinski definition) is 0. The summed E-state index contributed by atoms with van der Waals surface area (Å²) < 4.78 is 22.8. The number of carbonyl (C=O) groups excluding carboxylic acids is 1. The second-order valence-corrected chi connectivity index (χ2v) is 3.65. The third-order valence-electron chi connectivity index (χ3n) is 2.34. The highest BCUT2D eigenvalue weighted by Gasteiger charge is 2.08. The first-order chi connectivity index (χ1) is 9.19. The van der Waals surface area contributed by atoms with Crippen molar-refractivity contribution in [1.29, 1.82) is 0 Å². The Bertz CT molecular complexity index is 572. The van der Waals surface area contributed by atoms with Gasteiger partial charge in [0.1, 0.15) is 6.61 Å². The van der Waals surface area contributed by atoms with Crippen LogP contribution >= 0.6 is 0 Å². The molecule has 0 spiro atoms. The number of carbonyl (C=O) groups is 1. The lowest BCUT2D eigenvalue weighted by molar-refractivity contribution is 0.0471. The van der Waals surface area contributed by atoms with Crippen molar-refractivity contribution < 1.29 is 18.7 Å². The smallest absolute Gasteiger partial charge is 0.338 e. The van der Waals surface area contributed by atoms with Crippen LogP contribution in [0.4, 0.5) is 4.39 Å². The predicted molar refractivity (Wildman–Crippen MR) is 64.1 cm³/mol. The highest BCUT2D eigenvalue weighted by Crippen LogP contribution is 2.09. The molecule has 5 nitrogen and oxygen atoms in total. The Kier molecular flexibility index (Phi) is 4.02. The molecule has 0 aromatic carbocycles. The monoisotopic (exact) mass is 262 g/mol. The van der Waals surface area contributed by atoms with Gasteiger partial charge in [0.05, 0.1) is 12.7 Å². The fourth-order valence-corrected chi connectivity index (χ4v) is 1.38. The summed E-state index contributed by atoms with van der Waals surface area (Å²) in [6, 6.07) is 5.80. The van der Waals surface area contributed by atoms with E-state index in [4.69, 9.17) is 9.47 Å². The van der Waals surface area contributed by atoms with E-state index in [-0.39, 0.29) is 12.2 Å². The molecular formula is C13H11FN2O3. The molecule has 0 bridgehead atoms. The van der Waals surface area contributed by atoms with Crippen LogP contribution in [-0.4, -0.2) is 23.0 Å². The largest absolute Gasteiger partial charge is 0.481 e. The molecule has 0 N–H and O–H groups in total. The summed E-state index contributed by atoms with van der Waals surface area (Å²) in [5.74, 6) is -0.857. The molecule has 0 unspecified atom stereocenters. The molecule has 0 fully saturated rings. The van der Waals surface area contributed by atoms with Crippen LogP contribution in [0.1, 0.15) is 15.9 Å². The van der Waals surface area contributed by atoms with Crippen LogP contribution in [0.25, 0.3) is 0 Å². The Morgan fingerprint density at radius 3 is 2.79 bits per heavy atom. The minimum atomic E-state index is -0.722. The molecular weight excluding hydrogens is 251 g/mol. The van der Waals surface area contributed by atoms with Crippen LogP contribution in [-0.2, 0) is 11.3 Å². The van der Waals surface area contributed by atoms with Gasteiger partial charge in [0, 0.05) is 30.1 Å². The van der Waals surface area contributed by atoms with E-state index >= 15 is 0 Å². The van der Waals surface area contributed by atoms with Crippen molar-refractivity contribution in [2.75, 3.05) is 7.11 Å². The molecule has 0 saturated carbocycles. The average molecular weight is 262 g/mol. The maximum absolute atomic E-state index is 12.8. The van der Waals surface area contributed by atoms with Crippen LogP contribution in [0.2, 0.25) is 0 Å². The summed E-state index contributed by atoms with van der Waals surface area (Å²) >= 11 is 0. The lowest BCUT2D eigenvalue weighted by Crippen LogP contribution is -2.06. The van der Waals surface area contributed by atoms with Crippen LogP contribution in [0.15, 0.2) is 36.7 Å². The molecule has 0 aliphatic carbocycles. The van der Waals surface area contributed by atoms with Gasteiger partial charge >= 0.3 is 5.97 Å². The van der Waals surface area contributed by atoms with E-state index in [0.717, 1.165) is 6.07 Å². The van der Waals surface area contributed by atoms with Gasteiger partial charge in [-0.05, 0) is 12.1 Å². The van der Waals surface area contributed by atoms with Crippen LogP contribution < -0.4 is 4.74 Å². The van der Waals surface area contributed by atoms with Gasteiger partial charge in [-0.15, -0.1) is 0 Å². The topological polar surface area (TPSA) is 61.3 Å². The summed E-state index contributed by atoms with van der Waals surface area (Å²) in [6.45, 7) is 0.0553. The first-order valence-corrected chi connectivity index (χ1v) is 5.46. The van der Waals surface area contributed by atoms with Gasteiger partial charge in [0.2, 0.25) is 11.8 Å². The molecule has 0 aliphatic heterocycles. The molecule has 0 amide bonds. The van der Waals surface area contributed by atoms with Crippen molar-refractivity contribution in [3.63, 3.8) is 0 Å². The first-order valence-electron chi connectivity index (χ1n) is 5.46. The second kappa shape index (κ2) is 5.90. The van der Waals surface area contributed by atoms with Crippen LogP contribution in [0.3, 0.4) is 0 Å². The molecule has 6 heteroatoms. The Labute approximate surface area is 109 Å². The van der Waals surface area contributed by atoms with Gasteiger partial charge in [0.15, 0.2) is 0 Å². The quantitative estimate of drug-likeness (QED) is 0.622. The van der Waals surface area contributed by atoms with Crippen molar-refractivity contribution in [2.45, 2.75) is 6.61 Å². The zero-order valence-electron chi connectivity index (χ0n) is 10.2. The van der Waals surface area contributed by atoms with Gasteiger partial charge < -0.3 is 9.47 Å². The van der Waals surface area contributed by atoms with Crippen LogP contribution in [0.5, 0.6) is 5.88 Å². The number of pyridine rings is 2. The number of aromatic nitrogens is 2. The van der Waals surface area contributed by atoms with Crippen LogP contribution in [0, 0.1) is 5.95 Å². The standard InChI is InChI=1S/C13H11FN2O3/c1-18-12-3-2-9(7-16-12)8-19-13(17)10-4-5-15-11(14)6-10/h2-7H,8H2,1H3. The van der Waals surface area contributed by atoms with E-state index < -0.39 is 11.9 Å². The van der Waals surface area contributed by atoms with Crippen molar-refractivity contribution >= 4 is 5.97 Å². The Hall–Kier alpha value is -2.50. The van der Waals surface area contributed by atoms with Gasteiger partial charge in [-0.25, -0.2) is 14.8 Å². The molecule has 2 heterocycles. The summed E-state index contributed by atoms with van der Waals surface area (Å²) in [5.41, 5.74) is 0.831. The van der Waals surface area contributed by atoms with Crippen molar-refractivity contribution in [3.8, 4) is 5.88 Å². The molecule has 2 aromatic rings. The zero-order chi connectivity index (χ0) is 13.7. The van der Waals surface area contributed by atoms with Crippen molar-refractivity contribution in [2.24, 2.45) is 0 Å². The highest BCUT2D eigenvalue weighted by atomic mass is 19.1. The van der Waals surface area contributed by atoms with E-state index in [1.807, 2.05) is 0 Å². The Morgan fingerprint density at radius 2 is 2.16 bits per heavy atom. The Morgan fingerprint density at radius 1 is 1.32 bits per heavy atom. The highest BCUT2D eigenvalue weighted by molar-refractivity contribution is 5.89. The van der Waals surface area contributed by atoms with E-state index in [9.17, 15) is 9.18 Å².